The SMILES string of the molecule is C=N/C=C(/C)C(=NC)OCC(C)(C)NC(=O)C1[C@H]2CNC[C@@H]12. The van der Waals surface area contributed by atoms with Crippen LogP contribution >= 0.6 is 0 Å². The van der Waals surface area contributed by atoms with E-state index in [2.05, 4.69) is 27.3 Å². The first-order chi connectivity index (χ1) is 10.4. The zero-order valence-electron chi connectivity index (χ0n) is 13.8. The molecule has 6 nitrogen and oxygen atoms in total. The van der Waals surface area contributed by atoms with Crippen LogP contribution in [0.4, 0.5) is 0 Å². The summed E-state index contributed by atoms with van der Waals surface area (Å²) in [5.74, 6) is 1.87. The van der Waals surface area contributed by atoms with E-state index in [1.807, 2.05) is 20.8 Å². The molecule has 0 bridgehead atoms. The third-order valence-corrected chi connectivity index (χ3v) is 4.25. The molecule has 1 saturated heterocycles. The van der Waals surface area contributed by atoms with Crippen LogP contribution in [0.1, 0.15) is 20.8 Å². The van der Waals surface area contributed by atoms with E-state index in [1.54, 1.807) is 13.2 Å². The summed E-state index contributed by atoms with van der Waals surface area (Å²) in [4.78, 5) is 20.1. The Kier molecular flexibility index (Phi) is 5.01. The van der Waals surface area contributed by atoms with E-state index in [4.69, 9.17) is 4.74 Å². The monoisotopic (exact) mass is 306 g/mol. The van der Waals surface area contributed by atoms with Crippen molar-refractivity contribution in [2.24, 2.45) is 27.7 Å². The van der Waals surface area contributed by atoms with E-state index < -0.39 is 5.54 Å². The zero-order chi connectivity index (χ0) is 16.3. The first-order valence-electron chi connectivity index (χ1n) is 7.65. The van der Waals surface area contributed by atoms with Gasteiger partial charge in [0.2, 0.25) is 11.8 Å². The molecule has 0 aromatic heterocycles. The van der Waals surface area contributed by atoms with Crippen LogP contribution in [0, 0.1) is 17.8 Å². The van der Waals surface area contributed by atoms with Crippen molar-refractivity contribution in [2.45, 2.75) is 26.3 Å². The van der Waals surface area contributed by atoms with Crippen LogP contribution in [0.15, 0.2) is 21.8 Å². The van der Waals surface area contributed by atoms with Crippen molar-refractivity contribution in [3.63, 3.8) is 0 Å². The zero-order valence-corrected chi connectivity index (χ0v) is 13.8. The molecule has 2 fully saturated rings. The molecule has 1 heterocycles. The fourth-order valence-corrected chi connectivity index (χ4v) is 3.06. The van der Waals surface area contributed by atoms with Crippen LogP contribution in [0.2, 0.25) is 0 Å². The van der Waals surface area contributed by atoms with E-state index in [0.717, 1.165) is 18.7 Å². The molecule has 2 aliphatic rings. The van der Waals surface area contributed by atoms with Crippen molar-refractivity contribution < 1.29 is 9.53 Å². The standard InChI is InChI=1S/C16H26N4O2/c1-10(6-17-4)15(18-5)22-9-16(2,3)20-14(21)13-11-7-19-8-12(11)13/h6,11-13,19H,4,7-9H2,1-3,5H3,(H,20,21)/b10-6-,18-15?/t11-,12+,13?. The lowest BCUT2D eigenvalue weighted by atomic mass is 10.1. The van der Waals surface area contributed by atoms with Crippen LogP contribution in [0.3, 0.4) is 0 Å². The number of piperidine rings is 1. The highest BCUT2D eigenvalue weighted by Gasteiger charge is 2.57. The van der Waals surface area contributed by atoms with E-state index in [1.165, 1.54) is 0 Å². The third kappa shape index (κ3) is 3.74. The minimum atomic E-state index is -0.445. The molecule has 6 heteroatoms. The summed E-state index contributed by atoms with van der Waals surface area (Å²) >= 11 is 0. The van der Waals surface area contributed by atoms with Gasteiger partial charge in [-0.15, -0.1) is 0 Å². The molecule has 2 N–H and O–H groups in total. The van der Waals surface area contributed by atoms with Gasteiger partial charge in [-0.25, -0.2) is 0 Å². The topological polar surface area (TPSA) is 75.1 Å². The summed E-state index contributed by atoms with van der Waals surface area (Å²) < 4.78 is 5.73. The lowest BCUT2D eigenvalue weighted by Gasteiger charge is -2.27. The van der Waals surface area contributed by atoms with Gasteiger partial charge in [0.05, 0.1) is 5.54 Å². The van der Waals surface area contributed by atoms with E-state index in [0.29, 0.717) is 24.3 Å². The van der Waals surface area contributed by atoms with Crippen molar-refractivity contribution in [3.05, 3.63) is 11.8 Å². The number of nitrogens with zero attached hydrogens (tertiary/aromatic N) is 2. The number of hydrogen-bond donors (Lipinski definition) is 2. The number of amides is 1. The Hall–Kier alpha value is -1.69. The molecule has 2 rings (SSSR count). The number of ether oxygens (including phenoxy) is 1. The second-order valence-corrected chi connectivity index (χ2v) is 6.70. The molecule has 3 atom stereocenters. The highest BCUT2D eigenvalue weighted by atomic mass is 16.5. The molecule has 1 saturated carbocycles. The molecule has 0 aromatic carbocycles. The molecule has 22 heavy (non-hydrogen) atoms. The predicted molar refractivity (Wildman–Crippen MR) is 88.2 cm³/mol. The maximum absolute atomic E-state index is 12.3. The van der Waals surface area contributed by atoms with Gasteiger partial charge in [0.1, 0.15) is 6.61 Å². The molecule has 0 spiro atoms. The minimum absolute atomic E-state index is 0.139. The summed E-state index contributed by atoms with van der Waals surface area (Å²) in [6, 6.07) is 0. The fourth-order valence-electron chi connectivity index (χ4n) is 3.06. The van der Waals surface area contributed by atoms with Crippen LogP contribution < -0.4 is 10.6 Å². The third-order valence-electron chi connectivity index (χ3n) is 4.25. The van der Waals surface area contributed by atoms with Crippen molar-refractivity contribution in [3.8, 4) is 0 Å². The molecular formula is C16H26N4O2. The number of nitrogens with one attached hydrogen (secondary N) is 2. The fraction of sp³-hybridized carbons (Fsp3) is 0.688. The van der Waals surface area contributed by atoms with E-state index >= 15 is 0 Å². The van der Waals surface area contributed by atoms with Crippen molar-refractivity contribution in [1.82, 2.24) is 10.6 Å². The number of hydrogen-bond acceptors (Lipinski definition) is 5. The number of aliphatic imine (C=N–C) groups is 2. The lowest BCUT2D eigenvalue weighted by Crippen LogP contribution is -2.48. The predicted octanol–water partition coefficient (Wildman–Crippen LogP) is 0.996. The van der Waals surface area contributed by atoms with Gasteiger partial charge in [0.15, 0.2) is 0 Å². The Balaban J connectivity index is 1.84. The number of carbonyl (C=O) groups excluding carboxylic acids is 1. The molecular weight excluding hydrogens is 280 g/mol. The van der Waals surface area contributed by atoms with Gasteiger partial charge in [-0.2, -0.15) is 0 Å². The van der Waals surface area contributed by atoms with Crippen LogP contribution in [-0.4, -0.2) is 50.8 Å². The molecule has 0 aromatic rings. The Morgan fingerprint density at radius 2 is 2.09 bits per heavy atom. The maximum atomic E-state index is 12.3. The summed E-state index contributed by atoms with van der Waals surface area (Å²) in [5.41, 5.74) is 0.363. The van der Waals surface area contributed by atoms with E-state index in [9.17, 15) is 4.79 Å². The summed E-state index contributed by atoms with van der Waals surface area (Å²) in [5, 5.41) is 6.40. The van der Waals surface area contributed by atoms with Gasteiger partial charge >= 0.3 is 0 Å². The summed E-state index contributed by atoms with van der Waals surface area (Å²) in [6.45, 7) is 11.5. The Labute approximate surface area is 132 Å². The largest absolute Gasteiger partial charge is 0.475 e. The summed E-state index contributed by atoms with van der Waals surface area (Å²) in [7, 11) is 1.67. The molecule has 1 aliphatic carbocycles. The normalized spacial score (nSPS) is 28.1. The first kappa shape index (κ1) is 16.7. The molecule has 122 valence electrons. The van der Waals surface area contributed by atoms with Gasteiger partial charge in [0, 0.05) is 24.7 Å². The number of carbonyl (C=O) groups is 1. The quantitative estimate of drug-likeness (QED) is 0.568. The van der Waals surface area contributed by atoms with Gasteiger partial charge in [0.25, 0.3) is 0 Å². The molecule has 1 amide bonds. The lowest BCUT2D eigenvalue weighted by molar-refractivity contribution is -0.125. The Bertz CT molecular complexity index is 500. The Morgan fingerprint density at radius 3 is 2.64 bits per heavy atom. The first-order valence-corrected chi connectivity index (χ1v) is 7.65. The second kappa shape index (κ2) is 6.60. The summed E-state index contributed by atoms with van der Waals surface area (Å²) in [6.07, 6.45) is 1.60. The smallest absolute Gasteiger partial charge is 0.224 e. The maximum Gasteiger partial charge on any atom is 0.224 e. The van der Waals surface area contributed by atoms with Crippen LogP contribution in [0.25, 0.3) is 0 Å². The van der Waals surface area contributed by atoms with Crippen molar-refractivity contribution >= 4 is 18.5 Å². The highest BCUT2D eigenvalue weighted by molar-refractivity contribution is 5.93. The van der Waals surface area contributed by atoms with Gasteiger partial charge in [-0.1, -0.05) is 0 Å². The van der Waals surface area contributed by atoms with Crippen molar-refractivity contribution in [1.29, 1.82) is 0 Å². The van der Waals surface area contributed by atoms with Gasteiger partial charge in [-0.05, 0) is 52.4 Å². The second-order valence-electron chi connectivity index (χ2n) is 6.70. The Morgan fingerprint density at radius 1 is 1.45 bits per heavy atom. The van der Waals surface area contributed by atoms with Gasteiger partial charge in [-0.3, -0.25) is 14.8 Å². The van der Waals surface area contributed by atoms with Crippen molar-refractivity contribution in [2.75, 3.05) is 26.7 Å². The molecule has 0 radical (unpaired) electrons. The molecule has 1 aliphatic heterocycles. The number of rotatable bonds is 6. The van der Waals surface area contributed by atoms with E-state index in [-0.39, 0.29) is 11.8 Å². The van der Waals surface area contributed by atoms with Crippen LogP contribution in [-0.2, 0) is 9.53 Å². The average molecular weight is 306 g/mol. The van der Waals surface area contributed by atoms with Gasteiger partial charge < -0.3 is 15.4 Å². The molecule has 1 unspecified atom stereocenters. The average Bonchev–Trinajstić information content (AvgIpc) is 2.93. The number of fused-ring (bicyclic) bond motifs is 1. The minimum Gasteiger partial charge on any atom is -0.475 e. The highest BCUT2D eigenvalue weighted by Crippen LogP contribution is 2.48. The van der Waals surface area contributed by atoms with Crippen LogP contribution in [0.5, 0.6) is 0 Å².